The summed E-state index contributed by atoms with van der Waals surface area (Å²) in [6.07, 6.45) is 3.08. The molecule has 0 saturated carbocycles. The van der Waals surface area contributed by atoms with Gasteiger partial charge in [0, 0.05) is 19.3 Å². The van der Waals surface area contributed by atoms with Gasteiger partial charge in [0.1, 0.15) is 5.75 Å². The molecule has 1 amide bonds. The predicted molar refractivity (Wildman–Crippen MR) is 97.9 cm³/mol. The van der Waals surface area contributed by atoms with E-state index in [-0.39, 0.29) is 12.5 Å². The standard InChI is InChI=1S/C18H22N4O3S/c1-3-26(25)14-4-5-15(20-8-14)17(11-23)21-18(24)12-6-13-9-22(2)10-16(13)19-7-12/h4-8,17,23H,3,9-11H2,1-2H3,(H,21,24)/t17-,26?/m0/s1. The SMILES string of the molecule is CC[S+]([O-])c1ccc([C@H](CO)NC(=O)c2cnc3c(c2)CN(C)C3)nc1. The summed E-state index contributed by atoms with van der Waals surface area (Å²) in [6.45, 7) is 3.11. The number of pyridine rings is 2. The highest BCUT2D eigenvalue weighted by atomic mass is 32.2. The molecule has 2 atom stereocenters. The average molecular weight is 374 g/mol. The van der Waals surface area contributed by atoms with E-state index in [0.717, 1.165) is 24.3 Å². The van der Waals surface area contributed by atoms with Crippen LogP contribution in [0.2, 0.25) is 0 Å². The second-order valence-corrected chi connectivity index (χ2v) is 8.00. The van der Waals surface area contributed by atoms with Crippen molar-refractivity contribution in [2.45, 2.75) is 31.0 Å². The van der Waals surface area contributed by atoms with Gasteiger partial charge in [0.15, 0.2) is 4.90 Å². The molecule has 0 saturated heterocycles. The molecule has 2 aromatic heterocycles. The minimum Gasteiger partial charge on any atom is -0.611 e. The zero-order chi connectivity index (χ0) is 18.7. The Hall–Kier alpha value is -2.00. The topological polar surface area (TPSA) is 101 Å². The maximum Gasteiger partial charge on any atom is 0.253 e. The van der Waals surface area contributed by atoms with Crippen molar-refractivity contribution in [1.29, 1.82) is 0 Å². The summed E-state index contributed by atoms with van der Waals surface area (Å²) in [5.74, 6) is 0.207. The fourth-order valence-electron chi connectivity index (χ4n) is 2.90. The van der Waals surface area contributed by atoms with E-state index in [9.17, 15) is 14.5 Å². The largest absolute Gasteiger partial charge is 0.611 e. The molecule has 1 unspecified atom stereocenters. The van der Waals surface area contributed by atoms with Crippen LogP contribution < -0.4 is 5.32 Å². The van der Waals surface area contributed by atoms with Crippen molar-refractivity contribution in [3.63, 3.8) is 0 Å². The first kappa shape index (κ1) is 18.8. The number of hydrogen-bond acceptors (Lipinski definition) is 6. The Morgan fingerprint density at radius 1 is 1.38 bits per heavy atom. The maximum atomic E-state index is 12.5. The third-order valence-corrected chi connectivity index (χ3v) is 5.60. The highest BCUT2D eigenvalue weighted by molar-refractivity contribution is 7.91. The number of nitrogens with zero attached hydrogens (tertiary/aromatic N) is 3. The molecule has 8 heteroatoms. The molecule has 0 fully saturated rings. The van der Waals surface area contributed by atoms with E-state index >= 15 is 0 Å². The van der Waals surface area contributed by atoms with Gasteiger partial charge in [-0.2, -0.15) is 0 Å². The van der Waals surface area contributed by atoms with Crippen LogP contribution in [-0.4, -0.2) is 49.8 Å². The predicted octanol–water partition coefficient (Wildman–Crippen LogP) is 1.01. The summed E-state index contributed by atoms with van der Waals surface area (Å²) in [6, 6.07) is 4.60. The fraction of sp³-hybridized carbons (Fsp3) is 0.389. The number of rotatable bonds is 6. The van der Waals surface area contributed by atoms with Crippen LogP contribution in [0.25, 0.3) is 0 Å². The molecule has 7 nitrogen and oxygen atoms in total. The van der Waals surface area contributed by atoms with Crippen molar-refractivity contribution >= 4 is 17.1 Å². The molecule has 0 aliphatic carbocycles. The molecule has 26 heavy (non-hydrogen) atoms. The summed E-state index contributed by atoms with van der Waals surface area (Å²) in [5, 5.41) is 12.4. The first-order valence-electron chi connectivity index (χ1n) is 8.44. The second kappa shape index (κ2) is 8.13. The van der Waals surface area contributed by atoms with Crippen LogP contribution in [0.5, 0.6) is 0 Å². The lowest BCUT2D eigenvalue weighted by Gasteiger charge is -2.16. The van der Waals surface area contributed by atoms with E-state index < -0.39 is 17.2 Å². The molecular formula is C18H22N4O3S. The molecular weight excluding hydrogens is 352 g/mol. The van der Waals surface area contributed by atoms with Crippen LogP contribution in [0.4, 0.5) is 0 Å². The number of aromatic nitrogens is 2. The third kappa shape index (κ3) is 4.04. The Morgan fingerprint density at radius 2 is 2.19 bits per heavy atom. The van der Waals surface area contributed by atoms with E-state index in [1.807, 2.05) is 20.0 Å². The molecule has 0 aromatic carbocycles. The minimum absolute atomic E-state index is 0.282. The third-order valence-electron chi connectivity index (χ3n) is 4.31. The van der Waals surface area contributed by atoms with E-state index in [1.165, 1.54) is 6.20 Å². The highest BCUT2D eigenvalue weighted by Crippen LogP contribution is 2.21. The van der Waals surface area contributed by atoms with Crippen LogP contribution in [0, 0.1) is 0 Å². The smallest absolute Gasteiger partial charge is 0.253 e. The zero-order valence-electron chi connectivity index (χ0n) is 14.8. The lowest BCUT2D eigenvalue weighted by molar-refractivity contribution is 0.0914. The van der Waals surface area contributed by atoms with Crippen LogP contribution in [0.15, 0.2) is 35.5 Å². The van der Waals surface area contributed by atoms with Crippen molar-refractivity contribution in [3.05, 3.63) is 53.1 Å². The van der Waals surface area contributed by atoms with Crippen LogP contribution >= 0.6 is 0 Å². The lowest BCUT2D eigenvalue weighted by Crippen LogP contribution is -2.31. The first-order chi connectivity index (χ1) is 12.5. The fourth-order valence-corrected chi connectivity index (χ4v) is 3.62. The number of hydrogen-bond donors (Lipinski definition) is 2. The summed E-state index contributed by atoms with van der Waals surface area (Å²) < 4.78 is 11.8. The lowest BCUT2D eigenvalue weighted by atomic mass is 10.1. The van der Waals surface area contributed by atoms with Gasteiger partial charge in [-0.3, -0.25) is 19.7 Å². The van der Waals surface area contributed by atoms with Gasteiger partial charge in [0.25, 0.3) is 5.91 Å². The molecule has 2 N–H and O–H groups in total. The van der Waals surface area contributed by atoms with Gasteiger partial charge in [-0.1, -0.05) is 0 Å². The summed E-state index contributed by atoms with van der Waals surface area (Å²) >= 11 is -1.08. The highest BCUT2D eigenvalue weighted by Gasteiger charge is 2.21. The van der Waals surface area contributed by atoms with Gasteiger partial charge in [-0.05, 0) is 48.9 Å². The number of aliphatic hydroxyl groups is 1. The van der Waals surface area contributed by atoms with Gasteiger partial charge >= 0.3 is 0 Å². The number of amides is 1. The zero-order valence-corrected chi connectivity index (χ0v) is 15.6. The van der Waals surface area contributed by atoms with Gasteiger partial charge in [-0.15, -0.1) is 0 Å². The molecule has 138 valence electrons. The van der Waals surface area contributed by atoms with Crippen LogP contribution in [0.3, 0.4) is 0 Å². The Labute approximate surface area is 155 Å². The van der Waals surface area contributed by atoms with Crippen molar-refractivity contribution in [3.8, 4) is 0 Å². The van der Waals surface area contributed by atoms with Gasteiger partial charge in [-0.25, -0.2) is 0 Å². The number of carbonyl (C=O) groups is 1. The minimum atomic E-state index is -1.08. The molecule has 0 spiro atoms. The van der Waals surface area contributed by atoms with Crippen molar-refractivity contribution in [1.82, 2.24) is 20.2 Å². The number of aliphatic hydroxyl groups excluding tert-OH is 1. The Morgan fingerprint density at radius 3 is 2.85 bits per heavy atom. The molecule has 1 aliphatic heterocycles. The Bertz CT molecular complexity index is 785. The summed E-state index contributed by atoms with van der Waals surface area (Å²) in [7, 11) is 2.00. The van der Waals surface area contributed by atoms with Crippen molar-refractivity contribution in [2.24, 2.45) is 0 Å². The molecule has 3 heterocycles. The van der Waals surface area contributed by atoms with Crippen LogP contribution in [-0.2, 0) is 24.3 Å². The van der Waals surface area contributed by atoms with E-state index in [0.29, 0.717) is 21.9 Å². The van der Waals surface area contributed by atoms with Crippen LogP contribution in [0.1, 0.15) is 40.3 Å². The normalized spacial score (nSPS) is 16.2. The molecule has 1 aliphatic rings. The molecule has 0 radical (unpaired) electrons. The molecule has 0 bridgehead atoms. The van der Waals surface area contributed by atoms with E-state index in [2.05, 4.69) is 20.2 Å². The van der Waals surface area contributed by atoms with Crippen molar-refractivity contribution < 1.29 is 14.5 Å². The Balaban J connectivity index is 1.72. The van der Waals surface area contributed by atoms with Gasteiger partial charge in [0.2, 0.25) is 0 Å². The molecule has 3 rings (SSSR count). The number of fused-ring (bicyclic) bond motifs is 1. The molecule has 2 aromatic rings. The first-order valence-corrected chi connectivity index (χ1v) is 9.76. The maximum absolute atomic E-state index is 12.5. The van der Waals surface area contributed by atoms with Crippen molar-refractivity contribution in [2.75, 3.05) is 19.4 Å². The number of carbonyl (C=O) groups excluding carboxylic acids is 1. The summed E-state index contributed by atoms with van der Waals surface area (Å²) in [4.78, 5) is 23.9. The second-order valence-electron chi connectivity index (χ2n) is 6.26. The average Bonchev–Trinajstić information content (AvgIpc) is 3.04. The monoisotopic (exact) mass is 374 g/mol. The van der Waals surface area contributed by atoms with E-state index in [1.54, 1.807) is 18.3 Å². The van der Waals surface area contributed by atoms with Gasteiger partial charge < -0.3 is 15.0 Å². The van der Waals surface area contributed by atoms with Gasteiger partial charge in [0.05, 0.1) is 35.8 Å². The summed E-state index contributed by atoms with van der Waals surface area (Å²) in [5.41, 5.74) is 3.02. The quantitative estimate of drug-likeness (QED) is 0.732. The number of nitrogens with one attached hydrogen (secondary N) is 1. The Kier molecular flexibility index (Phi) is 5.87. The van der Waals surface area contributed by atoms with E-state index in [4.69, 9.17) is 0 Å².